The van der Waals surface area contributed by atoms with Gasteiger partial charge in [-0.25, -0.2) is 18.4 Å². The molecule has 1 aromatic heterocycles. The second-order valence-corrected chi connectivity index (χ2v) is 9.62. The second-order valence-electron chi connectivity index (χ2n) is 7.39. The Morgan fingerprint density at radius 3 is 2.44 bits per heavy atom. The highest BCUT2D eigenvalue weighted by Crippen LogP contribution is 2.19. The van der Waals surface area contributed by atoms with Crippen LogP contribution in [-0.2, 0) is 9.84 Å². The molecule has 1 unspecified atom stereocenters. The third kappa shape index (κ3) is 5.31. The molecule has 0 bridgehead atoms. The van der Waals surface area contributed by atoms with E-state index in [1.165, 1.54) is 0 Å². The fourth-order valence-corrected chi connectivity index (χ4v) is 5.47. The van der Waals surface area contributed by atoms with Gasteiger partial charge < -0.3 is 15.1 Å². The van der Waals surface area contributed by atoms with Gasteiger partial charge in [-0.05, 0) is 39.2 Å². The maximum Gasteiger partial charge on any atom is 0.225 e. The number of rotatable bonds is 4. The SMILES string of the molecule is CCNC(=NCC1CCS(=O)(=O)C1)N1CCN(c2nc(C)cc(C)n2)CC1. The first kappa shape index (κ1) is 19.9. The Kier molecular flexibility index (Phi) is 6.18. The van der Waals surface area contributed by atoms with Crippen molar-refractivity contribution in [2.45, 2.75) is 27.2 Å². The van der Waals surface area contributed by atoms with Crippen molar-refractivity contribution in [2.75, 3.05) is 55.7 Å². The molecule has 0 saturated carbocycles. The van der Waals surface area contributed by atoms with Gasteiger partial charge in [0, 0.05) is 50.7 Å². The number of hydrogen-bond acceptors (Lipinski definition) is 6. The minimum atomic E-state index is -2.85. The maximum absolute atomic E-state index is 11.6. The number of aryl methyl sites for hydroxylation is 2. The highest BCUT2D eigenvalue weighted by atomic mass is 32.2. The van der Waals surface area contributed by atoms with Gasteiger partial charge in [0.15, 0.2) is 15.8 Å². The van der Waals surface area contributed by atoms with Crippen molar-refractivity contribution in [3.05, 3.63) is 17.5 Å². The number of guanidine groups is 1. The maximum atomic E-state index is 11.6. The van der Waals surface area contributed by atoms with E-state index in [9.17, 15) is 8.42 Å². The molecule has 0 aliphatic carbocycles. The molecule has 1 N–H and O–H groups in total. The van der Waals surface area contributed by atoms with Crippen LogP contribution >= 0.6 is 0 Å². The van der Waals surface area contributed by atoms with Crippen molar-refractivity contribution in [3.63, 3.8) is 0 Å². The normalized spacial score (nSPS) is 22.9. The quantitative estimate of drug-likeness (QED) is 0.591. The summed E-state index contributed by atoms with van der Waals surface area (Å²) < 4.78 is 23.3. The molecule has 2 aliphatic heterocycles. The molecule has 3 rings (SSSR count). The Labute approximate surface area is 162 Å². The molecule has 27 heavy (non-hydrogen) atoms. The van der Waals surface area contributed by atoms with Gasteiger partial charge in [-0.1, -0.05) is 0 Å². The summed E-state index contributed by atoms with van der Waals surface area (Å²) in [5, 5.41) is 3.35. The van der Waals surface area contributed by atoms with Gasteiger partial charge in [0.05, 0.1) is 11.5 Å². The van der Waals surface area contributed by atoms with Crippen molar-refractivity contribution >= 4 is 21.7 Å². The van der Waals surface area contributed by atoms with Crippen LogP contribution in [-0.4, -0.2) is 80.0 Å². The predicted octanol–water partition coefficient (Wildman–Crippen LogP) is 0.616. The van der Waals surface area contributed by atoms with Crippen LogP contribution in [0.2, 0.25) is 0 Å². The summed E-state index contributed by atoms with van der Waals surface area (Å²) in [7, 11) is -2.85. The predicted molar refractivity (Wildman–Crippen MR) is 108 cm³/mol. The molecule has 2 fully saturated rings. The minimum absolute atomic E-state index is 0.147. The third-order valence-corrected chi connectivity index (χ3v) is 6.83. The van der Waals surface area contributed by atoms with Crippen LogP contribution in [0.1, 0.15) is 24.7 Å². The summed E-state index contributed by atoms with van der Waals surface area (Å²) in [4.78, 5) is 18.3. The fraction of sp³-hybridized carbons (Fsp3) is 0.722. The molecule has 1 aromatic rings. The summed E-state index contributed by atoms with van der Waals surface area (Å²) >= 11 is 0. The Morgan fingerprint density at radius 2 is 1.89 bits per heavy atom. The number of aliphatic imine (C=N–C) groups is 1. The van der Waals surface area contributed by atoms with Crippen LogP contribution in [0.25, 0.3) is 0 Å². The number of aromatic nitrogens is 2. The molecular weight excluding hydrogens is 364 g/mol. The number of sulfone groups is 1. The molecule has 150 valence electrons. The molecule has 3 heterocycles. The lowest BCUT2D eigenvalue weighted by atomic mass is 10.1. The zero-order valence-corrected chi connectivity index (χ0v) is 17.3. The average Bonchev–Trinajstić information content (AvgIpc) is 2.97. The Balaban J connectivity index is 1.60. The van der Waals surface area contributed by atoms with Gasteiger partial charge in [0.1, 0.15) is 0 Å². The molecule has 2 saturated heterocycles. The number of nitrogens with one attached hydrogen (secondary N) is 1. The van der Waals surface area contributed by atoms with E-state index in [-0.39, 0.29) is 11.7 Å². The largest absolute Gasteiger partial charge is 0.357 e. The zero-order valence-electron chi connectivity index (χ0n) is 16.5. The van der Waals surface area contributed by atoms with E-state index < -0.39 is 9.84 Å². The first-order valence-electron chi connectivity index (χ1n) is 9.67. The van der Waals surface area contributed by atoms with Gasteiger partial charge in [0.2, 0.25) is 5.95 Å². The van der Waals surface area contributed by atoms with E-state index in [0.29, 0.717) is 12.3 Å². The monoisotopic (exact) mass is 394 g/mol. The first-order chi connectivity index (χ1) is 12.9. The van der Waals surface area contributed by atoms with E-state index in [1.807, 2.05) is 19.9 Å². The number of hydrogen-bond donors (Lipinski definition) is 1. The van der Waals surface area contributed by atoms with E-state index in [4.69, 9.17) is 4.99 Å². The Hall–Kier alpha value is -1.90. The molecule has 0 aromatic carbocycles. The molecule has 0 spiro atoms. The minimum Gasteiger partial charge on any atom is -0.357 e. The van der Waals surface area contributed by atoms with E-state index in [0.717, 1.165) is 62.4 Å². The summed E-state index contributed by atoms with van der Waals surface area (Å²) in [6.07, 6.45) is 0.725. The number of piperazine rings is 1. The van der Waals surface area contributed by atoms with Crippen molar-refractivity contribution in [1.29, 1.82) is 0 Å². The fourth-order valence-electron chi connectivity index (χ4n) is 3.62. The van der Waals surface area contributed by atoms with Gasteiger partial charge in [-0.3, -0.25) is 4.99 Å². The van der Waals surface area contributed by atoms with Gasteiger partial charge in [-0.15, -0.1) is 0 Å². The average molecular weight is 395 g/mol. The second kappa shape index (κ2) is 8.41. The Bertz CT molecular complexity index is 767. The molecule has 8 nitrogen and oxygen atoms in total. The van der Waals surface area contributed by atoms with Crippen LogP contribution in [0.4, 0.5) is 5.95 Å². The lowest BCUT2D eigenvalue weighted by molar-refractivity contribution is 0.369. The molecule has 0 radical (unpaired) electrons. The lowest BCUT2D eigenvalue weighted by Crippen LogP contribution is -2.53. The summed E-state index contributed by atoms with van der Waals surface area (Å²) in [6, 6.07) is 1.99. The lowest BCUT2D eigenvalue weighted by Gasteiger charge is -2.36. The third-order valence-electron chi connectivity index (χ3n) is 4.99. The van der Waals surface area contributed by atoms with Crippen molar-refractivity contribution in [3.8, 4) is 0 Å². The smallest absolute Gasteiger partial charge is 0.225 e. The zero-order chi connectivity index (χ0) is 19.4. The highest BCUT2D eigenvalue weighted by Gasteiger charge is 2.28. The molecule has 9 heteroatoms. The Morgan fingerprint density at radius 1 is 1.22 bits per heavy atom. The standard InChI is InChI=1S/C18H30N6O2S/c1-4-19-17(20-12-16-5-10-27(25,26)13-16)23-6-8-24(9-7-23)18-21-14(2)11-15(3)22-18/h11,16H,4-10,12-13H2,1-3H3,(H,19,20). The topological polar surface area (TPSA) is 90.8 Å². The van der Waals surface area contributed by atoms with Gasteiger partial charge in [-0.2, -0.15) is 0 Å². The highest BCUT2D eigenvalue weighted by molar-refractivity contribution is 7.91. The van der Waals surface area contributed by atoms with E-state index >= 15 is 0 Å². The van der Waals surface area contributed by atoms with Crippen LogP contribution < -0.4 is 10.2 Å². The summed E-state index contributed by atoms with van der Waals surface area (Å²) in [5.74, 6) is 2.40. The number of nitrogens with zero attached hydrogens (tertiary/aromatic N) is 5. The van der Waals surface area contributed by atoms with Crippen LogP contribution in [0.5, 0.6) is 0 Å². The number of anilines is 1. The first-order valence-corrected chi connectivity index (χ1v) is 11.5. The van der Waals surface area contributed by atoms with Crippen LogP contribution in [0.3, 0.4) is 0 Å². The summed E-state index contributed by atoms with van der Waals surface area (Å²) in [5.41, 5.74) is 1.97. The molecule has 1 atom stereocenters. The van der Waals surface area contributed by atoms with Gasteiger partial charge in [0.25, 0.3) is 0 Å². The molecule has 0 amide bonds. The van der Waals surface area contributed by atoms with Crippen molar-refractivity contribution in [2.24, 2.45) is 10.9 Å². The molecular formula is C18H30N6O2S. The van der Waals surface area contributed by atoms with E-state index in [2.05, 4.69) is 32.0 Å². The van der Waals surface area contributed by atoms with Gasteiger partial charge >= 0.3 is 0 Å². The van der Waals surface area contributed by atoms with Crippen molar-refractivity contribution in [1.82, 2.24) is 20.2 Å². The van der Waals surface area contributed by atoms with Crippen molar-refractivity contribution < 1.29 is 8.42 Å². The molecule has 2 aliphatic rings. The van der Waals surface area contributed by atoms with Crippen LogP contribution in [0, 0.1) is 19.8 Å². The van der Waals surface area contributed by atoms with Crippen LogP contribution in [0.15, 0.2) is 11.1 Å². The van der Waals surface area contributed by atoms with E-state index in [1.54, 1.807) is 0 Å². The summed E-state index contributed by atoms with van der Waals surface area (Å²) in [6.45, 7) is 10.8.